The third kappa shape index (κ3) is 2.70. The fourth-order valence-corrected chi connectivity index (χ4v) is 2.70. The van der Waals surface area contributed by atoms with Gasteiger partial charge in [-0.05, 0) is 24.3 Å². The number of fused-ring (bicyclic) bond motifs is 1. The van der Waals surface area contributed by atoms with Gasteiger partial charge in [0.25, 0.3) is 0 Å². The van der Waals surface area contributed by atoms with Crippen molar-refractivity contribution in [3.8, 4) is 11.4 Å². The lowest BCUT2D eigenvalue weighted by Gasteiger charge is -2.05. The van der Waals surface area contributed by atoms with E-state index in [0.29, 0.717) is 5.75 Å². The first-order valence-electron chi connectivity index (χ1n) is 6.40. The quantitative estimate of drug-likeness (QED) is 0.573. The summed E-state index contributed by atoms with van der Waals surface area (Å²) in [6.07, 6.45) is 3.27. The molecular weight excluding hydrogens is 288 g/mol. The van der Waals surface area contributed by atoms with Crippen LogP contribution in [0.3, 0.4) is 0 Å². The van der Waals surface area contributed by atoms with Crippen LogP contribution in [0, 0.1) is 0 Å². The van der Waals surface area contributed by atoms with Gasteiger partial charge in [-0.1, -0.05) is 0 Å². The van der Waals surface area contributed by atoms with E-state index in [-0.39, 0.29) is 6.61 Å². The molecule has 0 amide bonds. The number of benzene rings is 1. The minimum Gasteiger partial charge on any atom is -0.497 e. The predicted octanol–water partition coefficient (Wildman–Crippen LogP) is 1.91. The molecule has 3 rings (SSSR count). The molecule has 0 aliphatic carbocycles. The average molecular weight is 302 g/mol. The highest BCUT2D eigenvalue weighted by molar-refractivity contribution is 7.99. The van der Waals surface area contributed by atoms with E-state index in [9.17, 15) is 0 Å². The van der Waals surface area contributed by atoms with Crippen LogP contribution in [0.15, 0.2) is 41.8 Å². The van der Waals surface area contributed by atoms with Gasteiger partial charge in [0, 0.05) is 5.75 Å². The predicted molar refractivity (Wildman–Crippen MR) is 81.0 cm³/mol. The lowest BCUT2D eigenvalue weighted by atomic mass is 10.3. The van der Waals surface area contributed by atoms with Crippen molar-refractivity contribution in [2.45, 2.75) is 5.03 Å². The third-order valence-electron chi connectivity index (χ3n) is 2.98. The molecule has 2 heterocycles. The number of hydrogen-bond donors (Lipinski definition) is 1. The molecule has 0 aliphatic rings. The van der Waals surface area contributed by atoms with E-state index in [1.165, 1.54) is 18.1 Å². The van der Waals surface area contributed by atoms with E-state index >= 15 is 0 Å². The Morgan fingerprint density at radius 1 is 1.24 bits per heavy atom. The summed E-state index contributed by atoms with van der Waals surface area (Å²) < 4.78 is 6.92. The highest BCUT2D eigenvalue weighted by Gasteiger charge is 2.11. The number of aliphatic hydroxyl groups is 1. The number of rotatable bonds is 5. The summed E-state index contributed by atoms with van der Waals surface area (Å²) in [5.41, 5.74) is 1.65. The van der Waals surface area contributed by atoms with Crippen molar-refractivity contribution in [3.63, 3.8) is 0 Å². The number of methoxy groups -OCH3 is 1. The van der Waals surface area contributed by atoms with Crippen LogP contribution >= 0.6 is 11.8 Å². The van der Waals surface area contributed by atoms with Crippen molar-refractivity contribution in [3.05, 3.63) is 36.8 Å². The number of hydrogen-bond acceptors (Lipinski definition) is 6. The maximum Gasteiger partial charge on any atom is 0.167 e. The van der Waals surface area contributed by atoms with Crippen molar-refractivity contribution in [2.24, 2.45) is 0 Å². The van der Waals surface area contributed by atoms with Crippen LogP contribution in [0.4, 0.5) is 0 Å². The van der Waals surface area contributed by atoms with Gasteiger partial charge in [0.05, 0.1) is 31.0 Å². The Bertz CT molecular complexity index is 742. The van der Waals surface area contributed by atoms with E-state index in [0.717, 1.165) is 27.5 Å². The van der Waals surface area contributed by atoms with E-state index < -0.39 is 0 Å². The molecule has 0 unspecified atom stereocenters. The van der Waals surface area contributed by atoms with Gasteiger partial charge in [-0.2, -0.15) is 5.10 Å². The van der Waals surface area contributed by atoms with Gasteiger partial charge in [-0.15, -0.1) is 11.8 Å². The van der Waals surface area contributed by atoms with Gasteiger partial charge >= 0.3 is 0 Å². The second-order valence-electron chi connectivity index (χ2n) is 4.24. The van der Waals surface area contributed by atoms with Gasteiger partial charge in [-0.25, -0.2) is 14.6 Å². The Balaban J connectivity index is 2.03. The molecule has 0 saturated carbocycles. The highest BCUT2D eigenvalue weighted by atomic mass is 32.2. The summed E-state index contributed by atoms with van der Waals surface area (Å²) in [6.45, 7) is 0.114. The van der Waals surface area contributed by atoms with Crippen molar-refractivity contribution in [1.29, 1.82) is 0 Å². The molecule has 7 heteroatoms. The van der Waals surface area contributed by atoms with Crippen LogP contribution in [-0.4, -0.2) is 44.3 Å². The Labute approximate surface area is 125 Å². The largest absolute Gasteiger partial charge is 0.497 e. The summed E-state index contributed by atoms with van der Waals surface area (Å²) in [5.74, 6) is 1.39. The first kappa shape index (κ1) is 13.8. The first-order chi connectivity index (χ1) is 10.3. The van der Waals surface area contributed by atoms with Crippen LogP contribution in [-0.2, 0) is 0 Å². The van der Waals surface area contributed by atoms with Crippen molar-refractivity contribution in [2.75, 3.05) is 19.5 Å². The summed E-state index contributed by atoms with van der Waals surface area (Å²) >= 11 is 1.49. The molecule has 3 aromatic rings. The SMILES string of the molecule is COc1ccc(-n2ncc3c(SCCO)ncnc32)cc1. The second-order valence-corrected chi connectivity index (χ2v) is 5.33. The lowest BCUT2D eigenvalue weighted by molar-refractivity contribution is 0.322. The molecule has 1 N–H and O–H groups in total. The fourth-order valence-electron chi connectivity index (χ4n) is 1.99. The number of thioether (sulfide) groups is 1. The summed E-state index contributed by atoms with van der Waals surface area (Å²) in [5, 5.41) is 15.0. The normalized spacial score (nSPS) is 11.0. The molecule has 1 aromatic carbocycles. The number of aromatic nitrogens is 4. The molecule has 6 nitrogen and oxygen atoms in total. The van der Waals surface area contributed by atoms with Crippen LogP contribution in [0.1, 0.15) is 0 Å². The zero-order chi connectivity index (χ0) is 14.7. The average Bonchev–Trinajstić information content (AvgIpc) is 2.97. The molecule has 0 radical (unpaired) electrons. The minimum atomic E-state index is 0.114. The number of ether oxygens (including phenoxy) is 1. The van der Waals surface area contributed by atoms with Crippen LogP contribution in [0.5, 0.6) is 5.75 Å². The summed E-state index contributed by atoms with van der Waals surface area (Å²) in [7, 11) is 1.64. The first-order valence-corrected chi connectivity index (χ1v) is 7.39. The Morgan fingerprint density at radius 2 is 2.05 bits per heavy atom. The van der Waals surface area contributed by atoms with Gasteiger partial charge in [0.15, 0.2) is 5.65 Å². The van der Waals surface area contributed by atoms with Crippen LogP contribution in [0.2, 0.25) is 0 Å². The zero-order valence-electron chi connectivity index (χ0n) is 11.4. The van der Waals surface area contributed by atoms with Gasteiger partial charge in [0.2, 0.25) is 0 Å². The highest BCUT2D eigenvalue weighted by Crippen LogP contribution is 2.25. The Kier molecular flexibility index (Phi) is 4.03. The molecule has 0 atom stereocenters. The molecule has 21 heavy (non-hydrogen) atoms. The molecule has 0 bridgehead atoms. The fraction of sp³-hybridized carbons (Fsp3) is 0.214. The van der Waals surface area contributed by atoms with E-state index in [2.05, 4.69) is 15.1 Å². The maximum absolute atomic E-state index is 8.94. The third-order valence-corrected chi connectivity index (χ3v) is 3.96. The monoisotopic (exact) mass is 302 g/mol. The smallest absolute Gasteiger partial charge is 0.167 e. The second kappa shape index (κ2) is 6.11. The van der Waals surface area contributed by atoms with Crippen molar-refractivity contribution >= 4 is 22.8 Å². The molecular formula is C14H14N4O2S. The molecule has 0 fully saturated rings. The van der Waals surface area contributed by atoms with E-state index in [1.807, 2.05) is 24.3 Å². The van der Waals surface area contributed by atoms with Crippen molar-refractivity contribution in [1.82, 2.24) is 19.7 Å². The van der Waals surface area contributed by atoms with Crippen LogP contribution in [0.25, 0.3) is 16.7 Å². The van der Waals surface area contributed by atoms with E-state index in [1.54, 1.807) is 18.0 Å². The molecule has 0 aliphatic heterocycles. The number of aliphatic hydroxyl groups excluding tert-OH is 1. The molecule has 0 spiro atoms. The summed E-state index contributed by atoms with van der Waals surface area (Å²) in [6, 6.07) is 7.61. The van der Waals surface area contributed by atoms with Gasteiger partial charge in [0.1, 0.15) is 17.1 Å². The molecule has 2 aromatic heterocycles. The van der Waals surface area contributed by atoms with Gasteiger partial charge < -0.3 is 9.84 Å². The van der Waals surface area contributed by atoms with Crippen molar-refractivity contribution < 1.29 is 9.84 Å². The molecule has 0 saturated heterocycles. The minimum absolute atomic E-state index is 0.114. The zero-order valence-corrected chi connectivity index (χ0v) is 12.2. The lowest BCUT2D eigenvalue weighted by Crippen LogP contribution is -1.98. The maximum atomic E-state index is 8.94. The molecule has 108 valence electrons. The Hall–Kier alpha value is -2.12. The number of nitrogens with zero attached hydrogens (tertiary/aromatic N) is 4. The standard InChI is InChI=1S/C14H14N4O2S/c1-20-11-4-2-10(3-5-11)18-13-12(8-17-18)14(16-9-15-13)21-7-6-19/h2-5,8-9,19H,6-7H2,1H3. The van der Waals surface area contributed by atoms with Gasteiger partial charge in [-0.3, -0.25) is 0 Å². The van der Waals surface area contributed by atoms with Crippen LogP contribution < -0.4 is 4.74 Å². The summed E-state index contributed by atoms with van der Waals surface area (Å²) in [4.78, 5) is 8.56. The topological polar surface area (TPSA) is 73.1 Å². The Morgan fingerprint density at radius 3 is 2.76 bits per heavy atom. The van der Waals surface area contributed by atoms with E-state index in [4.69, 9.17) is 9.84 Å².